The maximum atomic E-state index is 10.6. The standard InChI is InChI=1S/C22H42O15/c1-22(2,3)4-8(25)12(27)19(9(26)5-23)37-21-18(33)16(31)14(29)11(36-21)7-34-20-17(32)15(30)13(28)10(6-24)35-20/h8-21,23-33H,4-7H2,1-3H3/t8-,9+,10+,11+,12+,13+,14+,15-,16-,17+,18+,19+,20-,21+/m0/s1. The van der Waals surface area contributed by atoms with Crippen molar-refractivity contribution in [1.29, 1.82) is 0 Å². The maximum absolute atomic E-state index is 10.6. The third-order valence-corrected chi connectivity index (χ3v) is 6.35. The van der Waals surface area contributed by atoms with E-state index in [1.807, 2.05) is 0 Å². The molecule has 0 saturated carbocycles. The summed E-state index contributed by atoms with van der Waals surface area (Å²) in [4.78, 5) is 0. The summed E-state index contributed by atoms with van der Waals surface area (Å²) in [5.74, 6) is 0. The molecule has 2 rings (SSSR count). The van der Waals surface area contributed by atoms with E-state index in [0.29, 0.717) is 0 Å². The molecule has 0 unspecified atom stereocenters. The summed E-state index contributed by atoms with van der Waals surface area (Å²) in [6.45, 7) is 3.19. The first-order valence-electron chi connectivity index (χ1n) is 12.0. The first-order chi connectivity index (χ1) is 17.1. The second kappa shape index (κ2) is 13.6. The summed E-state index contributed by atoms with van der Waals surface area (Å²) < 4.78 is 21.5. The highest BCUT2D eigenvalue weighted by Gasteiger charge is 2.49. The third kappa shape index (κ3) is 8.20. The highest BCUT2D eigenvalue weighted by atomic mass is 16.7. The van der Waals surface area contributed by atoms with Crippen LogP contribution in [0.15, 0.2) is 0 Å². The van der Waals surface area contributed by atoms with Crippen LogP contribution in [0.2, 0.25) is 0 Å². The van der Waals surface area contributed by atoms with Crippen LogP contribution < -0.4 is 0 Å². The van der Waals surface area contributed by atoms with E-state index in [4.69, 9.17) is 18.9 Å². The van der Waals surface area contributed by atoms with Crippen molar-refractivity contribution in [3.05, 3.63) is 0 Å². The molecule has 2 aliphatic rings. The topological polar surface area (TPSA) is 259 Å². The van der Waals surface area contributed by atoms with Crippen molar-refractivity contribution < 1.29 is 75.1 Å². The molecule has 2 saturated heterocycles. The predicted octanol–water partition coefficient (Wildman–Crippen LogP) is -5.49. The van der Waals surface area contributed by atoms with Gasteiger partial charge in [-0.15, -0.1) is 0 Å². The summed E-state index contributed by atoms with van der Waals surface area (Å²) in [6.07, 6.45) is -23.2. The molecule has 2 aliphatic heterocycles. The van der Waals surface area contributed by atoms with Crippen molar-refractivity contribution >= 4 is 0 Å². The minimum Gasteiger partial charge on any atom is -0.394 e. The second-order valence-corrected chi connectivity index (χ2v) is 10.7. The average molecular weight is 547 g/mol. The molecule has 0 bridgehead atoms. The Balaban J connectivity index is 2.12. The Labute approximate surface area is 214 Å². The first kappa shape index (κ1) is 32.6. The van der Waals surface area contributed by atoms with Gasteiger partial charge in [-0.1, -0.05) is 20.8 Å². The fourth-order valence-corrected chi connectivity index (χ4v) is 4.19. The number of hydrogen-bond acceptors (Lipinski definition) is 15. The van der Waals surface area contributed by atoms with Crippen LogP contribution in [-0.2, 0) is 18.9 Å². The molecule has 0 aromatic heterocycles. The minimum absolute atomic E-state index is 0.0805. The van der Waals surface area contributed by atoms with Crippen LogP contribution in [0.25, 0.3) is 0 Å². The van der Waals surface area contributed by atoms with Crippen LogP contribution in [0.5, 0.6) is 0 Å². The average Bonchev–Trinajstić information content (AvgIpc) is 2.84. The van der Waals surface area contributed by atoms with Crippen molar-refractivity contribution in [2.24, 2.45) is 5.41 Å². The molecule has 0 aliphatic carbocycles. The third-order valence-electron chi connectivity index (χ3n) is 6.35. The van der Waals surface area contributed by atoms with Crippen molar-refractivity contribution in [1.82, 2.24) is 0 Å². The molecular formula is C22H42O15. The summed E-state index contributed by atoms with van der Waals surface area (Å²) in [5, 5.41) is 111. The second-order valence-electron chi connectivity index (χ2n) is 10.7. The molecule has 2 fully saturated rings. The van der Waals surface area contributed by atoms with Gasteiger partial charge in [0, 0.05) is 0 Å². The maximum Gasteiger partial charge on any atom is 0.187 e. The number of aliphatic hydroxyl groups is 11. The van der Waals surface area contributed by atoms with Gasteiger partial charge in [-0.05, 0) is 11.8 Å². The van der Waals surface area contributed by atoms with Crippen LogP contribution >= 0.6 is 0 Å². The Morgan fingerprint density at radius 3 is 1.73 bits per heavy atom. The minimum atomic E-state index is -1.89. The Bertz CT molecular complexity index is 675. The van der Waals surface area contributed by atoms with E-state index in [9.17, 15) is 56.2 Å². The Morgan fingerprint density at radius 2 is 1.22 bits per heavy atom. The fraction of sp³-hybridized carbons (Fsp3) is 1.00. The molecule has 0 spiro atoms. The zero-order valence-corrected chi connectivity index (χ0v) is 21.0. The van der Waals surface area contributed by atoms with Gasteiger partial charge in [0.15, 0.2) is 12.6 Å². The normalized spacial score (nSPS) is 40.7. The molecule has 0 amide bonds. The molecule has 0 aromatic rings. The number of rotatable bonds is 11. The highest BCUT2D eigenvalue weighted by Crippen LogP contribution is 2.29. The van der Waals surface area contributed by atoms with Crippen molar-refractivity contribution in [3.8, 4) is 0 Å². The van der Waals surface area contributed by atoms with Crippen LogP contribution in [-0.4, -0.2) is 162 Å². The van der Waals surface area contributed by atoms with Gasteiger partial charge in [-0.2, -0.15) is 0 Å². The SMILES string of the molecule is CC(C)(C)C[C@H](O)[C@@H](O)[C@H](O[C@H]1O[C@H](CO[C@H]2O[C@H](CO)[C@@H](O)[C@H](O)[C@H]2O)[C@@H](O)[C@H](O)[C@H]1O)[C@H](O)CO. The van der Waals surface area contributed by atoms with E-state index in [-0.39, 0.29) is 6.42 Å². The lowest BCUT2D eigenvalue weighted by Crippen LogP contribution is -2.63. The Morgan fingerprint density at radius 1 is 0.703 bits per heavy atom. The van der Waals surface area contributed by atoms with Gasteiger partial charge in [0.2, 0.25) is 0 Å². The van der Waals surface area contributed by atoms with Gasteiger partial charge >= 0.3 is 0 Å². The monoisotopic (exact) mass is 546 g/mol. The van der Waals surface area contributed by atoms with Gasteiger partial charge < -0.3 is 75.1 Å². The van der Waals surface area contributed by atoms with E-state index >= 15 is 0 Å². The van der Waals surface area contributed by atoms with E-state index in [2.05, 4.69) is 0 Å². The number of ether oxygens (including phenoxy) is 4. The van der Waals surface area contributed by atoms with Crippen molar-refractivity contribution in [2.45, 2.75) is 113 Å². The lowest BCUT2D eigenvalue weighted by Gasteiger charge is -2.44. The summed E-state index contributed by atoms with van der Waals surface area (Å²) in [5.41, 5.74) is -0.427. The van der Waals surface area contributed by atoms with E-state index in [1.165, 1.54) is 0 Å². The Kier molecular flexibility index (Phi) is 12.0. The molecule has 15 heteroatoms. The van der Waals surface area contributed by atoms with E-state index in [1.54, 1.807) is 20.8 Å². The lowest BCUT2D eigenvalue weighted by atomic mass is 9.86. The highest BCUT2D eigenvalue weighted by molar-refractivity contribution is 4.93. The predicted molar refractivity (Wildman–Crippen MR) is 120 cm³/mol. The smallest absolute Gasteiger partial charge is 0.187 e. The van der Waals surface area contributed by atoms with Gasteiger partial charge in [0.05, 0.1) is 25.9 Å². The molecule has 0 radical (unpaired) electrons. The van der Waals surface area contributed by atoms with Gasteiger partial charge in [0.1, 0.15) is 67.1 Å². The molecule has 220 valence electrons. The molecule has 0 aromatic carbocycles. The molecule has 14 atom stereocenters. The van der Waals surface area contributed by atoms with E-state index < -0.39 is 111 Å². The van der Waals surface area contributed by atoms with Gasteiger partial charge in [-0.25, -0.2) is 0 Å². The van der Waals surface area contributed by atoms with Gasteiger partial charge in [0.25, 0.3) is 0 Å². The van der Waals surface area contributed by atoms with E-state index in [0.717, 1.165) is 0 Å². The van der Waals surface area contributed by atoms with Crippen molar-refractivity contribution in [3.63, 3.8) is 0 Å². The lowest BCUT2D eigenvalue weighted by molar-refractivity contribution is -0.344. The van der Waals surface area contributed by atoms with Crippen LogP contribution in [0.4, 0.5) is 0 Å². The van der Waals surface area contributed by atoms with Gasteiger partial charge in [-0.3, -0.25) is 0 Å². The molecule has 2 heterocycles. The van der Waals surface area contributed by atoms with Crippen LogP contribution in [0.3, 0.4) is 0 Å². The molecule has 11 N–H and O–H groups in total. The molecule has 15 nitrogen and oxygen atoms in total. The fourth-order valence-electron chi connectivity index (χ4n) is 4.19. The van der Waals surface area contributed by atoms with Crippen LogP contribution in [0.1, 0.15) is 27.2 Å². The quantitative estimate of drug-likeness (QED) is 0.115. The summed E-state index contributed by atoms with van der Waals surface area (Å²) in [6, 6.07) is 0. The zero-order chi connectivity index (χ0) is 28.2. The van der Waals surface area contributed by atoms with Crippen molar-refractivity contribution in [2.75, 3.05) is 19.8 Å². The van der Waals surface area contributed by atoms with Crippen LogP contribution in [0, 0.1) is 5.41 Å². The Hall–Kier alpha value is -0.600. The largest absolute Gasteiger partial charge is 0.394 e. The number of hydrogen-bond donors (Lipinski definition) is 11. The molecule has 37 heavy (non-hydrogen) atoms. The number of aliphatic hydroxyl groups excluding tert-OH is 11. The first-order valence-corrected chi connectivity index (χ1v) is 12.0. The zero-order valence-electron chi connectivity index (χ0n) is 21.0. The summed E-state index contributed by atoms with van der Waals surface area (Å²) in [7, 11) is 0. The molecular weight excluding hydrogens is 504 g/mol. The summed E-state index contributed by atoms with van der Waals surface area (Å²) >= 11 is 0.